The van der Waals surface area contributed by atoms with Gasteiger partial charge < -0.3 is 5.11 Å². The SMILES string of the molecule is O=C(O)CC1CCCCN1S(=O)(=O)C1CCCCC1. The first-order valence-corrected chi connectivity index (χ1v) is 8.74. The van der Waals surface area contributed by atoms with Crippen molar-refractivity contribution in [2.75, 3.05) is 6.54 Å². The van der Waals surface area contributed by atoms with Gasteiger partial charge in [-0.15, -0.1) is 0 Å². The van der Waals surface area contributed by atoms with Crippen molar-refractivity contribution in [2.45, 2.75) is 69.1 Å². The van der Waals surface area contributed by atoms with Crippen LogP contribution in [0.4, 0.5) is 0 Å². The summed E-state index contributed by atoms with van der Waals surface area (Å²) in [6, 6.07) is -0.335. The average molecular weight is 289 g/mol. The molecule has 1 saturated heterocycles. The fourth-order valence-corrected chi connectivity index (χ4v) is 5.56. The molecule has 1 N–H and O–H groups in total. The Kier molecular flexibility index (Phi) is 4.84. The summed E-state index contributed by atoms with van der Waals surface area (Å²) in [5.74, 6) is -0.907. The number of aliphatic carboxylic acids is 1. The third-order valence-corrected chi connectivity index (χ3v) is 6.73. The molecule has 2 rings (SSSR count). The number of hydrogen-bond acceptors (Lipinski definition) is 3. The molecule has 0 bridgehead atoms. The first-order valence-electron chi connectivity index (χ1n) is 7.24. The molecule has 5 nitrogen and oxygen atoms in total. The van der Waals surface area contributed by atoms with Crippen LogP contribution >= 0.6 is 0 Å². The highest BCUT2D eigenvalue weighted by Gasteiger charge is 2.38. The Morgan fingerprint density at radius 3 is 2.32 bits per heavy atom. The lowest BCUT2D eigenvalue weighted by atomic mass is 10.0. The van der Waals surface area contributed by atoms with Gasteiger partial charge in [-0.1, -0.05) is 25.7 Å². The van der Waals surface area contributed by atoms with Gasteiger partial charge in [0.1, 0.15) is 0 Å². The Balaban J connectivity index is 2.13. The molecular weight excluding hydrogens is 266 g/mol. The number of sulfonamides is 1. The molecule has 0 radical (unpaired) electrons. The van der Waals surface area contributed by atoms with Crippen LogP contribution in [0.25, 0.3) is 0 Å². The second-order valence-corrected chi connectivity index (χ2v) is 7.83. The molecule has 1 atom stereocenters. The van der Waals surface area contributed by atoms with Gasteiger partial charge in [-0.3, -0.25) is 4.79 Å². The zero-order valence-corrected chi connectivity index (χ0v) is 12.1. The van der Waals surface area contributed by atoms with E-state index in [4.69, 9.17) is 5.11 Å². The summed E-state index contributed by atoms with van der Waals surface area (Å²) in [5.41, 5.74) is 0. The van der Waals surface area contributed by atoms with E-state index in [0.717, 1.165) is 44.9 Å². The number of rotatable bonds is 4. The minimum atomic E-state index is -3.31. The van der Waals surface area contributed by atoms with Gasteiger partial charge in [0.05, 0.1) is 11.7 Å². The Morgan fingerprint density at radius 1 is 1.05 bits per heavy atom. The zero-order valence-electron chi connectivity index (χ0n) is 11.3. The quantitative estimate of drug-likeness (QED) is 0.858. The molecule has 110 valence electrons. The van der Waals surface area contributed by atoms with Crippen molar-refractivity contribution < 1.29 is 18.3 Å². The number of hydrogen-bond donors (Lipinski definition) is 1. The number of carbonyl (C=O) groups is 1. The molecule has 19 heavy (non-hydrogen) atoms. The molecule has 6 heteroatoms. The van der Waals surface area contributed by atoms with Gasteiger partial charge in [0.2, 0.25) is 10.0 Å². The Hall–Kier alpha value is -0.620. The van der Waals surface area contributed by atoms with Crippen molar-refractivity contribution in [3.63, 3.8) is 0 Å². The molecule has 0 aromatic carbocycles. The first kappa shape index (κ1) is 14.8. The zero-order chi connectivity index (χ0) is 13.9. The summed E-state index contributed by atoms with van der Waals surface area (Å²) in [7, 11) is -3.31. The molecular formula is C13H23NO4S. The number of nitrogens with zero attached hydrogens (tertiary/aromatic N) is 1. The largest absolute Gasteiger partial charge is 0.481 e. The smallest absolute Gasteiger partial charge is 0.304 e. The van der Waals surface area contributed by atoms with Crippen molar-refractivity contribution in [3.8, 4) is 0 Å². The molecule has 0 spiro atoms. The number of piperidine rings is 1. The summed E-state index contributed by atoms with van der Waals surface area (Å²) >= 11 is 0. The van der Waals surface area contributed by atoms with Gasteiger partial charge in [-0.05, 0) is 25.7 Å². The van der Waals surface area contributed by atoms with Crippen molar-refractivity contribution >= 4 is 16.0 Å². The molecule has 0 aromatic rings. The molecule has 2 aliphatic rings. The van der Waals surface area contributed by atoms with E-state index in [1.807, 2.05) is 0 Å². The Labute approximate surface area is 115 Å². The van der Waals surface area contributed by atoms with Gasteiger partial charge in [-0.2, -0.15) is 4.31 Å². The van der Waals surface area contributed by atoms with Gasteiger partial charge in [0, 0.05) is 12.6 Å². The average Bonchev–Trinajstić information content (AvgIpc) is 2.39. The van der Waals surface area contributed by atoms with E-state index in [1.54, 1.807) is 0 Å². The van der Waals surface area contributed by atoms with Crippen LogP contribution in [0.2, 0.25) is 0 Å². The van der Waals surface area contributed by atoms with Crippen molar-refractivity contribution in [2.24, 2.45) is 0 Å². The van der Waals surface area contributed by atoms with Crippen molar-refractivity contribution in [3.05, 3.63) is 0 Å². The van der Waals surface area contributed by atoms with Crippen molar-refractivity contribution in [1.29, 1.82) is 0 Å². The fourth-order valence-electron chi connectivity index (χ4n) is 3.27. The number of carboxylic acids is 1. The minimum absolute atomic E-state index is 0.0635. The van der Waals surface area contributed by atoms with Crippen LogP contribution in [0, 0.1) is 0 Å². The minimum Gasteiger partial charge on any atom is -0.481 e. The molecule has 2 fully saturated rings. The molecule has 1 aliphatic heterocycles. The van der Waals surface area contributed by atoms with E-state index in [-0.39, 0.29) is 17.7 Å². The maximum Gasteiger partial charge on any atom is 0.304 e. The van der Waals surface area contributed by atoms with Gasteiger partial charge in [-0.25, -0.2) is 8.42 Å². The fraction of sp³-hybridized carbons (Fsp3) is 0.923. The summed E-state index contributed by atoms with van der Waals surface area (Å²) in [5, 5.41) is 8.66. The summed E-state index contributed by atoms with van der Waals surface area (Å²) in [6.45, 7) is 0.497. The molecule has 1 saturated carbocycles. The van der Waals surface area contributed by atoms with Gasteiger partial charge >= 0.3 is 5.97 Å². The molecule has 0 aromatic heterocycles. The van der Waals surface area contributed by atoms with Crippen LogP contribution in [0.3, 0.4) is 0 Å². The maximum atomic E-state index is 12.7. The first-order chi connectivity index (χ1) is 9.01. The summed E-state index contributed by atoms with van der Waals surface area (Å²) in [4.78, 5) is 10.9. The third-order valence-electron chi connectivity index (χ3n) is 4.28. The Morgan fingerprint density at radius 2 is 1.68 bits per heavy atom. The highest BCUT2D eigenvalue weighted by atomic mass is 32.2. The van der Waals surface area contributed by atoms with E-state index in [1.165, 1.54) is 4.31 Å². The maximum absolute atomic E-state index is 12.7. The molecule has 1 unspecified atom stereocenters. The molecule has 0 amide bonds. The lowest BCUT2D eigenvalue weighted by Gasteiger charge is -2.37. The van der Waals surface area contributed by atoms with E-state index >= 15 is 0 Å². The standard InChI is InChI=1S/C13H23NO4S/c15-13(16)10-11-6-4-5-9-14(11)19(17,18)12-7-2-1-3-8-12/h11-12H,1-10H2,(H,15,16). The van der Waals surface area contributed by atoms with Crippen LogP contribution < -0.4 is 0 Å². The van der Waals surface area contributed by atoms with E-state index < -0.39 is 16.0 Å². The second kappa shape index (κ2) is 6.22. The van der Waals surface area contributed by atoms with Crippen LogP contribution in [-0.4, -0.2) is 41.6 Å². The van der Waals surface area contributed by atoms with Gasteiger partial charge in [0.25, 0.3) is 0 Å². The van der Waals surface area contributed by atoms with Crippen LogP contribution in [-0.2, 0) is 14.8 Å². The predicted molar refractivity (Wildman–Crippen MR) is 72.4 cm³/mol. The van der Waals surface area contributed by atoms with E-state index in [2.05, 4.69) is 0 Å². The van der Waals surface area contributed by atoms with E-state index in [9.17, 15) is 13.2 Å². The normalized spacial score (nSPS) is 27.3. The van der Waals surface area contributed by atoms with E-state index in [0.29, 0.717) is 13.0 Å². The van der Waals surface area contributed by atoms with Crippen LogP contribution in [0.1, 0.15) is 57.8 Å². The van der Waals surface area contributed by atoms with Crippen LogP contribution in [0.5, 0.6) is 0 Å². The highest BCUT2D eigenvalue weighted by molar-refractivity contribution is 7.89. The summed E-state index contributed by atoms with van der Waals surface area (Å²) < 4.78 is 26.8. The Bertz CT molecular complexity index is 414. The number of carboxylic acid groups (broad SMARTS) is 1. The summed E-state index contributed by atoms with van der Waals surface area (Å²) in [6.07, 6.45) is 6.92. The third kappa shape index (κ3) is 3.48. The highest BCUT2D eigenvalue weighted by Crippen LogP contribution is 2.31. The molecule has 1 aliphatic carbocycles. The predicted octanol–water partition coefficient (Wildman–Crippen LogP) is 1.98. The van der Waals surface area contributed by atoms with Crippen LogP contribution in [0.15, 0.2) is 0 Å². The van der Waals surface area contributed by atoms with Gasteiger partial charge in [0.15, 0.2) is 0 Å². The lowest BCUT2D eigenvalue weighted by Crippen LogP contribution is -2.48. The topological polar surface area (TPSA) is 74.7 Å². The monoisotopic (exact) mass is 289 g/mol. The molecule has 1 heterocycles. The van der Waals surface area contributed by atoms with Crippen molar-refractivity contribution in [1.82, 2.24) is 4.31 Å². The lowest BCUT2D eigenvalue weighted by molar-refractivity contribution is -0.138. The second-order valence-electron chi connectivity index (χ2n) is 5.66.